The monoisotopic (exact) mass is 462 g/mol. The first-order valence-electron chi connectivity index (χ1n) is 11.9. The average Bonchev–Trinajstić information content (AvgIpc) is 3.25. The van der Waals surface area contributed by atoms with Crippen LogP contribution >= 0.6 is 0 Å². The van der Waals surface area contributed by atoms with Crippen LogP contribution in [0.25, 0.3) is 11.1 Å². The molecule has 2 aromatic rings. The molecule has 2 aromatic carbocycles. The maximum absolute atomic E-state index is 13.0. The van der Waals surface area contributed by atoms with E-state index in [0.717, 1.165) is 12.8 Å². The zero-order chi connectivity index (χ0) is 24.0. The van der Waals surface area contributed by atoms with E-state index in [4.69, 9.17) is 9.84 Å². The number of hydrogen-bond donors (Lipinski definition) is 2. The molecule has 0 aliphatic heterocycles. The number of aliphatic carboxylic acids is 1. The molecule has 0 radical (unpaired) electrons. The lowest BCUT2D eigenvalue weighted by Gasteiger charge is -2.25. The average molecular weight is 463 g/mol. The second-order valence-electron chi connectivity index (χ2n) is 10.1. The Morgan fingerprint density at radius 1 is 1.09 bits per heavy atom. The van der Waals surface area contributed by atoms with Gasteiger partial charge in [0.25, 0.3) is 0 Å². The minimum Gasteiger partial charge on any atom is -0.481 e. The number of alkyl carbamates (subject to hydrolysis) is 1. The highest BCUT2D eigenvalue weighted by molar-refractivity contribution is 5.87. The second-order valence-corrected chi connectivity index (χ2v) is 10.1. The van der Waals surface area contributed by atoms with Crippen LogP contribution in [0.5, 0.6) is 0 Å². The zero-order valence-electron chi connectivity index (χ0n) is 19.5. The number of amides is 2. The van der Waals surface area contributed by atoms with E-state index in [1.165, 1.54) is 27.2 Å². The molecular weight excluding hydrogens is 432 g/mol. The molecule has 2 amide bonds. The molecule has 2 N–H and O–H groups in total. The first-order chi connectivity index (χ1) is 16.3. The van der Waals surface area contributed by atoms with E-state index in [9.17, 15) is 14.4 Å². The Morgan fingerprint density at radius 3 is 2.32 bits per heavy atom. The molecule has 0 bridgehead atoms. The van der Waals surface area contributed by atoms with E-state index in [2.05, 4.69) is 29.6 Å². The van der Waals surface area contributed by atoms with Gasteiger partial charge < -0.3 is 20.1 Å². The van der Waals surface area contributed by atoms with Gasteiger partial charge in [-0.15, -0.1) is 0 Å². The quantitative estimate of drug-likeness (QED) is 0.651. The van der Waals surface area contributed by atoms with Gasteiger partial charge in [-0.1, -0.05) is 55.5 Å². The Hall–Kier alpha value is -3.35. The van der Waals surface area contributed by atoms with Gasteiger partial charge in [-0.3, -0.25) is 9.59 Å². The fraction of sp³-hybridized carbons (Fsp3) is 0.444. The summed E-state index contributed by atoms with van der Waals surface area (Å²) < 4.78 is 5.66. The van der Waals surface area contributed by atoms with Crippen molar-refractivity contribution in [2.24, 2.45) is 17.3 Å². The molecule has 0 saturated heterocycles. The van der Waals surface area contributed by atoms with Crippen LogP contribution in [0.3, 0.4) is 0 Å². The number of nitrogens with zero attached hydrogens (tertiary/aromatic N) is 1. The highest BCUT2D eigenvalue weighted by Gasteiger charge is 2.65. The van der Waals surface area contributed by atoms with Gasteiger partial charge in [0.15, 0.2) is 0 Å². The minimum atomic E-state index is -0.911. The van der Waals surface area contributed by atoms with Crippen molar-refractivity contribution in [2.75, 3.05) is 20.2 Å². The van der Waals surface area contributed by atoms with E-state index in [0.29, 0.717) is 6.42 Å². The van der Waals surface area contributed by atoms with E-state index < -0.39 is 23.4 Å². The summed E-state index contributed by atoms with van der Waals surface area (Å²) in [5.41, 5.74) is 4.24. The smallest absolute Gasteiger partial charge is 0.407 e. The van der Waals surface area contributed by atoms with E-state index in [1.54, 1.807) is 14.0 Å². The number of carbonyl (C=O) groups is 3. The predicted octanol–water partition coefficient (Wildman–Crippen LogP) is 3.87. The molecule has 0 aromatic heterocycles. The van der Waals surface area contributed by atoms with Gasteiger partial charge in [-0.05, 0) is 47.4 Å². The molecular formula is C27H30N2O5. The van der Waals surface area contributed by atoms with Crippen molar-refractivity contribution in [1.29, 1.82) is 0 Å². The molecule has 2 saturated carbocycles. The Kier molecular flexibility index (Phi) is 5.58. The summed E-state index contributed by atoms with van der Waals surface area (Å²) >= 11 is 0. The Labute approximate surface area is 199 Å². The summed E-state index contributed by atoms with van der Waals surface area (Å²) in [6.45, 7) is 2.05. The SMILES string of the molecule is CC(CN(C)C(=O)C12CC(NC(=O)OCC3c4ccccc4-c4ccccc43)CC1C2)C(=O)O. The summed E-state index contributed by atoms with van der Waals surface area (Å²) in [5.74, 6) is -1.29. The van der Waals surface area contributed by atoms with E-state index in [-0.39, 0.29) is 36.9 Å². The van der Waals surface area contributed by atoms with E-state index in [1.807, 2.05) is 24.3 Å². The first-order valence-corrected chi connectivity index (χ1v) is 11.9. The first kappa shape index (κ1) is 22.4. The van der Waals surface area contributed by atoms with Crippen molar-refractivity contribution in [2.45, 2.75) is 38.1 Å². The Bertz CT molecular complexity index is 1100. The van der Waals surface area contributed by atoms with Gasteiger partial charge in [0, 0.05) is 25.6 Å². The van der Waals surface area contributed by atoms with Crippen LogP contribution in [0.1, 0.15) is 43.2 Å². The van der Waals surface area contributed by atoms with Gasteiger partial charge >= 0.3 is 12.1 Å². The number of carboxylic acid groups (broad SMARTS) is 1. The lowest BCUT2D eigenvalue weighted by atomic mass is 9.98. The molecule has 0 heterocycles. The van der Waals surface area contributed by atoms with Crippen molar-refractivity contribution in [3.05, 3.63) is 59.7 Å². The van der Waals surface area contributed by atoms with Crippen molar-refractivity contribution in [3.63, 3.8) is 0 Å². The number of nitrogens with one attached hydrogen (secondary N) is 1. The normalized spacial score (nSPS) is 25.0. The lowest BCUT2D eigenvalue weighted by molar-refractivity contribution is -0.143. The molecule has 4 atom stereocenters. The highest BCUT2D eigenvalue weighted by atomic mass is 16.5. The molecule has 3 aliphatic rings. The Morgan fingerprint density at radius 2 is 1.71 bits per heavy atom. The number of carboxylic acids is 1. The maximum atomic E-state index is 13.0. The molecule has 34 heavy (non-hydrogen) atoms. The number of rotatable bonds is 7. The van der Waals surface area contributed by atoms with Crippen molar-refractivity contribution in [1.82, 2.24) is 10.2 Å². The third kappa shape index (κ3) is 3.83. The number of carbonyl (C=O) groups excluding carboxylic acids is 2. The summed E-state index contributed by atoms with van der Waals surface area (Å²) in [6, 6.07) is 16.3. The number of hydrogen-bond acceptors (Lipinski definition) is 4. The van der Waals surface area contributed by atoms with Gasteiger partial charge in [-0.25, -0.2) is 4.79 Å². The van der Waals surface area contributed by atoms with Gasteiger partial charge in [0.1, 0.15) is 6.61 Å². The molecule has 5 rings (SSSR count). The highest BCUT2D eigenvalue weighted by Crippen LogP contribution is 2.64. The number of ether oxygens (including phenoxy) is 1. The predicted molar refractivity (Wildman–Crippen MR) is 126 cm³/mol. The van der Waals surface area contributed by atoms with Crippen LogP contribution in [-0.2, 0) is 14.3 Å². The molecule has 3 aliphatic carbocycles. The fourth-order valence-corrected chi connectivity index (χ4v) is 6.02. The second kappa shape index (κ2) is 8.46. The van der Waals surface area contributed by atoms with Gasteiger partial charge in [-0.2, -0.15) is 0 Å². The van der Waals surface area contributed by atoms with Crippen LogP contribution in [0.4, 0.5) is 4.79 Å². The Balaban J connectivity index is 1.17. The topological polar surface area (TPSA) is 95.9 Å². The van der Waals surface area contributed by atoms with Gasteiger partial charge in [0.05, 0.1) is 11.3 Å². The minimum absolute atomic E-state index is 0.00734. The molecule has 178 valence electrons. The van der Waals surface area contributed by atoms with Crippen LogP contribution < -0.4 is 5.32 Å². The van der Waals surface area contributed by atoms with Crippen LogP contribution in [0.15, 0.2) is 48.5 Å². The number of fused-ring (bicyclic) bond motifs is 4. The summed E-state index contributed by atoms with van der Waals surface area (Å²) in [6.07, 6.45) is 1.68. The largest absolute Gasteiger partial charge is 0.481 e. The molecule has 2 fully saturated rings. The third-order valence-electron chi connectivity index (χ3n) is 7.82. The van der Waals surface area contributed by atoms with E-state index >= 15 is 0 Å². The van der Waals surface area contributed by atoms with Crippen molar-refractivity contribution in [3.8, 4) is 11.1 Å². The zero-order valence-corrected chi connectivity index (χ0v) is 19.5. The lowest BCUT2D eigenvalue weighted by Crippen LogP contribution is -2.41. The number of benzene rings is 2. The molecule has 4 unspecified atom stereocenters. The molecule has 7 heteroatoms. The van der Waals surface area contributed by atoms with Crippen LogP contribution in [-0.4, -0.2) is 54.2 Å². The fourth-order valence-electron chi connectivity index (χ4n) is 6.02. The van der Waals surface area contributed by atoms with Crippen LogP contribution in [0, 0.1) is 17.3 Å². The molecule has 7 nitrogen and oxygen atoms in total. The summed E-state index contributed by atoms with van der Waals surface area (Å²) in [7, 11) is 1.66. The maximum Gasteiger partial charge on any atom is 0.407 e. The van der Waals surface area contributed by atoms with Crippen molar-refractivity contribution < 1.29 is 24.2 Å². The third-order valence-corrected chi connectivity index (χ3v) is 7.82. The van der Waals surface area contributed by atoms with Crippen molar-refractivity contribution >= 4 is 18.0 Å². The standard InChI is InChI=1S/C27H30N2O5/c1-16(24(30)31)14-29(2)25(32)27-12-17(27)11-18(13-27)28-26(33)34-15-23-21-9-5-3-7-19(21)20-8-4-6-10-22(20)23/h3-10,16-18,23H,11-15H2,1-2H3,(H,28,33)(H,30,31). The van der Waals surface area contributed by atoms with Gasteiger partial charge in [0.2, 0.25) is 5.91 Å². The van der Waals surface area contributed by atoms with Crippen LogP contribution in [0.2, 0.25) is 0 Å². The molecule has 0 spiro atoms. The summed E-state index contributed by atoms with van der Waals surface area (Å²) in [4.78, 5) is 38.3. The summed E-state index contributed by atoms with van der Waals surface area (Å²) in [5, 5.41) is 12.1.